The molecule has 1 aliphatic rings. The topological polar surface area (TPSA) is 38.1 Å². The molecule has 1 amide bonds. The van der Waals surface area contributed by atoms with Gasteiger partial charge in [0.05, 0.1) is 5.69 Å². The van der Waals surface area contributed by atoms with E-state index in [2.05, 4.69) is 12.0 Å². The molecule has 3 rings (SSSR count). The summed E-state index contributed by atoms with van der Waals surface area (Å²) in [5.74, 6) is -0.228. The Kier molecular flexibility index (Phi) is 3.96. The minimum Gasteiger partial charge on any atom is -0.332 e. The molecule has 1 unspecified atom stereocenters. The molecular weight excluding hydrogens is 293 g/mol. The average molecular weight is 315 g/mol. The molecule has 4 nitrogen and oxygen atoms in total. The molecule has 1 fully saturated rings. The van der Waals surface area contributed by atoms with Gasteiger partial charge < -0.3 is 4.90 Å². The lowest BCUT2D eigenvalue weighted by molar-refractivity contribution is 0.0613. The van der Waals surface area contributed by atoms with E-state index in [4.69, 9.17) is 0 Å². The van der Waals surface area contributed by atoms with Crippen LogP contribution in [0.15, 0.2) is 30.3 Å². The van der Waals surface area contributed by atoms with Crippen molar-refractivity contribution in [1.82, 2.24) is 14.7 Å². The molecule has 1 atom stereocenters. The third-order valence-corrected chi connectivity index (χ3v) is 4.69. The van der Waals surface area contributed by atoms with Crippen molar-refractivity contribution in [1.29, 1.82) is 0 Å². The van der Waals surface area contributed by atoms with E-state index in [9.17, 15) is 9.18 Å². The summed E-state index contributed by atoms with van der Waals surface area (Å²) >= 11 is 0. The van der Waals surface area contributed by atoms with E-state index in [-0.39, 0.29) is 17.3 Å². The summed E-state index contributed by atoms with van der Waals surface area (Å²) in [6.45, 7) is 4.70. The number of nitrogens with zero attached hydrogens (tertiary/aromatic N) is 3. The summed E-state index contributed by atoms with van der Waals surface area (Å²) in [7, 11) is 1.79. The molecular formula is C18H22FN3O. The number of aromatic nitrogens is 2. The number of hydrogen-bond acceptors (Lipinski definition) is 2. The summed E-state index contributed by atoms with van der Waals surface area (Å²) in [6.07, 6.45) is 2.55. The highest BCUT2D eigenvalue weighted by molar-refractivity contribution is 5.93. The molecule has 0 radical (unpaired) electrons. The maximum Gasteiger partial charge on any atom is 0.272 e. The molecule has 2 aromatic rings. The highest BCUT2D eigenvalue weighted by Gasteiger charge is 2.40. The lowest BCUT2D eigenvalue weighted by atomic mass is 9.90. The fourth-order valence-electron chi connectivity index (χ4n) is 3.59. The van der Waals surface area contributed by atoms with Gasteiger partial charge in [0, 0.05) is 19.1 Å². The summed E-state index contributed by atoms with van der Waals surface area (Å²) in [4.78, 5) is 14.9. The van der Waals surface area contributed by atoms with Crippen LogP contribution in [-0.2, 0) is 13.5 Å². The second kappa shape index (κ2) is 5.80. The number of halogens is 1. The van der Waals surface area contributed by atoms with E-state index >= 15 is 0 Å². The van der Waals surface area contributed by atoms with Crippen molar-refractivity contribution in [2.45, 2.75) is 38.6 Å². The van der Waals surface area contributed by atoms with Crippen molar-refractivity contribution in [2.75, 3.05) is 6.54 Å². The normalized spacial score (nSPS) is 21.0. The number of carbonyl (C=O) groups is 1. The van der Waals surface area contributed by atoms with E-state index in [1.54, 1.807) is 23.9 Å². The highest BCUT2D eigenvalue weighted by Crippen LogP contribution is 2.33. The summed E-state index contributed by atoms with van der Waals surface area (Å²) < 4.78 is 15.1. The van der Waals surface area contributed by atoms with E-state index in [1.165, 1.54) is 6.07 Å². The molecule has 1 aromatic heterocycles. The second-order valence-electron chi connectivity index (χ2n) is 6.66. The Morgan fingerprint density at radius 1 is 1.39 bits per heavy atom. The Labute approximate surface area is 135 Å². The minimum absolute atomic E-state index is 0.00417. The van der Waals surface area contributed by atoms with Crippen LogP contribution in [0.25, 0.3) is 0 Å². The fourth-order valence-corrected chi connectivity index (χ4v) is 3.59. The van der Waals surface area contributed by atoms with Gasteiger partial charge in [0.1, 0.15) is 11.5 Å². The molecule has 0 N–H and O–H groups in total. The zero-order chi connectivity index (χ0) is 16.6. The molecule has 1 aromatic carbocycles. The van der Waals surface area contributed by atoms with Gasteiger partial charge in [-0.25, -0.2) is 4.39 Å². The quantitative estimate of drug-likeness (QED) is 0.873. The molecule has 23 heavy (non-hydrogen) atoms. The number of rotatable bonds is 3. The molecule has 1 aliphatic heterocycles. The first-order valence-electron chi connectivity index (χ1n) is 7.96. The Morgan fingerprint density at radius 2 is 2.17 bits per heavy atom. The predicted molar refractivity (Wildman–Crippen MR) is 86.7 cm³/mol. The fraction of sp³-hybridized carbons (Fsp3) is 0.444. The van der Waals surface area contributed by atoms with Gasteiger partial charge in [-0.1, -0.05) is 12.1 Å². The van der Waals surface area contributed by atoms with Gasteiger partial charge in [0.25, 0.3) is 5.91 Å². The number of hydrogen-bond donors (Lipinski definition) is 0. The van der Waals surface area contributed by atoms with Gasteiger partial charge in [-0.3, -0.25) is 9.48 Å². The third-order valence-electron chi connectivity index (χ3n) is 4.69. The van der Waals surface area contributed by atoms with Crippen LogP contribution in [0.4, 0.5) is 4.39 Å². The number of likely N-dealkylation sites (tertiary alicyclic amines) is 1. The van der Waals surface area contributed by atoms with Crippen molar-refractivity contribution in [3.63, 3.8) is 0 Å². The van der Waals surface area contributed by atoms with Gasteiger partial charge in [-0.15, -0.1) is 0 Å². The lowest BCUT2D eigenvalue weighted by Gasteiger charge is -2.35. The average Bonchev–Trinajstić information content (AvgIpc) is 3.00. The zero-order valence-corrected chi connectivity index (χ0v) is 13.8. The van der Waals surface area contributed by atoms with Gasteiger partial charge >= 0.3 is 0 Å². The first-order chi connectivity index (χ1) is 10.9. The largest absolute Gasteiger partial charge is 0.332 e. The van der Waals surface area contributed by atoms with Crippen LogP contribution in [-0.4, -0.2) is 32.7 Å². The maximum absolute atomic E-state index is 13.5. The smallest absolute Gasteiger partial charge is 0.272 e. The van der Waals surface area contributed by atoms with Gasteiger partial charge in [-0.2, -0.15) is 5.10 Å². The summed E-state index contributed by atoms with van der Waals surface area (Å²) in [6, 6.07) is 8.47. The van der Waals surface area contributed by atoms with E-state index < -0.39 is 0 Å². The van der Waals surface area contributed by atoms with Crippen molar-refractivity contribution in [3.05, 3.63) is 53.1 Å². The number of benzene rings is 1. The van der Waals surface area contributed by atoms with Crippen LogP contribution in [0.1, 0.15) is 41.5 Å². The monoisotopic (exact) mass is 315 g/mol. The first-order valence-corrected chi connectivity index (χ1v) is 7.96. The highest BCUT2D eigenvalue weighted by atomic mass is 19.1. The molecule has 0 aliphatic carbocycles. The number of amides is 1. The standard InChI is InChI=1S/C18H22FN3O/c1-13-10-16(21(3)20-13)17(23)22-9-5-8-18(22,2)12-14-6-4-7-15(19)11-14/h4,6-7,10-11H,5,8-9,12H2,1-3H3. The number of aryl methyl sites for hydroxylation is 2. The number of carbonyl (C=O) groups excluding carboxylic acids is 1. The van der Waals surface area contributed by atoms with Crippen molar-refractivity contribution in [3.8, 4) is 0 Å². The Bertz CT molecular complexity index is 740. The molecule has 0 spiro atoms. The molecule has 122 valence electrons. The van der Waals surface area contributed by atoms with Crippen molar-refractivity contribution < 1.29 is 9.18 Å². The SMILES string of the molecule is Cc1cc(C(=O)N2CCCC2(C)Cc2cccc(F)c2)n(C)n1. The summed E-state index contributed by atoms with van der Waals surface area (Å²) in [5.41, 5.74) is 2.08. The van der Waals surface area contributed by atoms with E-state index in [0.29, 0.717) is 12.1 Å². The Hall–Kier alpha value is -2.17. The van der Waals surface area contributed by atoms with E-state index in [0.717, 1.165) is 30.6 Å². The predicted octanol–water partition coefficient (Wildman–Crippen LogP) is 3.11. The van der Waals surface area contributed by atoms with Crippen LogP contribution in [0.3, 0.4) is 0 Å². The lowest BCUT2D eigenvalue weighted by Crippen LogP contribution is -2.47. The van der Waals surface area contributed by atoms with Gasteiger partial charge in [0.2, 0.25) is 0 Å². The van der Waals surface area contributed by atoms with Crippen LogP contribution >= 0.6 is 0 Å². The third kappa shape index (κ3) is 3.00. The van der Waals surface area contributed by atoms with Crippen LogP contribution in [0, 0.1) is 12.7 Å². The maximum atomic E-state index is 13.5. The second-order valence-corrected chi connectivity index (χ2v) is 6.66. The van der Waals surface area contributed by atoms with Crippen LogP contribution < -0.4 is 0 Å². The van der Waals surface area contributed by atoms with Crippen LogP contribution in [0.2, 0.25) is 0 Å². The van der Waals surface area contributed by atoms with Crippen LogP contribution in [0.5, 0.6) is 0 Å². The molecule has 2 heterocycles. The molecule has 0 saturated carbocycles. The van der Waals surface area contributed by atoms with E-state index in [1.807, 2.05) is 24.0 Å². The first kappa shape index (κ1) is 15.7. The van der Waals surface area contributed by atoms with Crippen molar-refractivity contribution >= 4 is 5.91 Å². The molecule has 1 saturated heterocycles. The Balaban J connectivity index is 1.86. The summed E-state index contributed by atoms with van der Waals surface area (Å²) in [5, 5.41) is 4.27. The van der Waals surface area contributed by atoms with Gasteiger partial charge in [0.15, 0.2) is 0 Å². The minimum atomic E-state index is -0.289. The Morgan fingerprint density at radius 3 is 2.83 bits per heavy atom. The molecule has 0 bridgehead atoms. The molecule has 5 heteroatoms. The zero-order valence-electron chi connectivity index (χ0n) is 13.8. The van der Waals surface area contributed by atoms with Gasteiger partial charge in [-0.05, 0) is 56.9 Å². The van der Waals surface area contributed by atoms with Crippen molar-refractivity contribution in [2.24, 2.45) is 7.05 Å².